The van der Waals surface area contributed by atoms with E-state index in [0.717, 1.165) is 21.9 Å². The second-order valence-corrected chi connectivity index (χ2v) is 9.06. The molecule has 0 saturated carbocycles. The van der Waals surface area contributed by atoms with Gasteiger partial charge in [-0.1, -0.05) is 60.1 Å². The van der Waals surface area contributed by atoms with E-state index in [1.807, 2.05) is 75.4 Å². The van der Waals surface area contributed by atoms with Gasteiger partial charge in [0.15, 0.2) is 0 Å². The van der Waals surface area contributed by atoms with Crippen molar-refractivity contribution in [1.82, 2.24) is 5.32 Å². The van der Waals surface area contributed by atoms with Gasteiger partial charge in [-0.05, 0) is 67.9 Å². The van der Waals surface area contributed by atoms with E-state index in [1.54, 1.807) is 19.2 Å². The number of nitrogens with zero attached hydrogens (tertiary/aromatic N) is 1. The number of carbonyl (C=O) groups is 1. The van der Waals surface area contributed by atoms with Crippen LogP contribution in [0, 0.1) is 11.3 Å². The van der Waals surface area contributed by atoms with E-state index in [2.05, 4.69) is 11.4 Å². The van der Waals surface area contributed by atoms with Crippen molar-refractivity contribution in [2.75, 3.05) is 7.05 Å². The zero-order valence-electron chi connectivity index (χ0n) is 18.3. The fraction of sp³-hybridized carbons (Fsp3) is 0.308. The molecule has 3 aromatic carbocycles. The highest BCUT2D eigenvalue weighted by molar-refractivity contribution is 6.30. The third-order valence-corrected chi connectivity index (χ3v) is 5.61. The third-order valence-electron chi connectivity index (χ3n) is 5.36. The highest BCUT2D eigenvalue weighted by Crippen LogP contribution is 2.41. The lowest BCUT2D eigenvalue weighted by Crippen LogP contribution is -2.45. The maximum atomic E-state index is 12.8. The molecular weight excluding hydrogens is 408 g/mol. The number of rotatable bonds is 6. The molecule has 5 heteroatoms. The number of likely N-dealkylation sites (N-methyl/N-ethyl adjacent to an activating group) is 1. The molecule has 0 amide bonds. The van der Waals surface area contributed by atoms with Gasteiger partial charge in [-0.3, -0.25) is 10.1 Å². The first kappa shape index (κ1) is 22.8. The molecule has 0 saturated heterocycles. The fourth-order valence-electron chi connectivity index (χ4n) is 3.92. The second kappa shape index (κ2) is 9.09. The number of halogens is 1. The topological polar surface area (TPSA) is 62.1 Å². The van der Waals surface area contributed by atoms with Gasteiger partial charge in [0.2, 0.25) is 0 Å². The number of hydrogen-bond donors (Lipinski definition) is 1. The molecule has 3 aromatic rings. The first-order valence-corrected chi connectivity index (χ1v) is 10.6. The largest absolute Gasteiger partial charge is 0.460 e. The number of nitrogens with one attached hydrogen (secondary N) is 1. The van der Waals surface area contributed by atoms with Crippen LogP contribution in [-0.2, 0) is 15.1 Å². The van der Waals surface area contributed by atoms with Crippen LogP contribution in [0.4, 0.5) is 0 Å². The predicted molar refractivity (Wildman–Crippen MR) is 125 cm³/mol. The van der Waals surface area contributed by atoms with E-state index < -0.39 is 17.1 Å². The van der Waals surface area contributed by atoms with Crippen LogP contribution in [0.25, 0.3) is 10.8 Å². The molecule has 2 atom stereocenters. The standard InChI is InChI=1S/C26H27ClN2O2/c1-25(2,3)31-24(30)16-23(19-10-13-22(27)14-11-19)26(17-28,29-4)21-12-9-18-7-5-6-8-20(18)15-21/h5-15,23,29H,16H2,1-4H3/t23-,26+/m0/s1. The molecule has 0 aromatic heterocycles. The third kappa shape index (κ3) is 5.07. The number of esters is 1. The van der Waals surface area contributed by atoms with Crippen LogP contribution in [0.5, 0.6) is 0 Å². The Labute approximate surface area is 188 Å². The Bertz CT molecular complexity index is 1110. The smallest absolute Gasteiger partial charge is 0.307 e. The first-order chi connectivity index (χ1) is 14.7. The Morgan fingerprint density at radius 1 is 1.06 bits per heavy atom. The van der Waals surface area contributed by atoms with E-state index in [9.17, 15) is 10.1 Å². The zero-order chi connectivity index (χ0) is 22.6. The van der Waals surface area contributed by atoms with Crippen LogP contribution in [0.1, 0.15) is 44.2 Å². The molecule has 0 radical (unpaired) electrons. The van der Waals surface area contributed by atoms with E-state index in [0.29, 0.717) is 5.02 Å². The van der Waals surface area contributed by atoms with Gasteiger partial charge in [0.05, 0.1) is 12.5 Å². The van der Waals surface area contributed by atoms with Crippen LogP contribution in [0.3, 0.4) is 0 Å². The van der Waals surface area contributed by atoms with Crippen molar-refractivity contribution in [2.45, 2.75) is 44.2 Å². The van der Waals surface area contributed by atoms with Gasteiger partial charge in [-0.15, -0.1) is 0 Å². The lowest BCUT2D eigenvalue weighted by atomic mass is 9.73. The molecule has 0 aliphatic carbocycles. The van der Waals surface area contributed by atoms with Gasteiger partial charge in [0.1, 0.15) is 11.1 Å². The predicted octanol–water partition coefficient (Wildman–Crippen LogP) is 5.95. The number of carbonyl (C=O) groups excluding carboxylic acids is 1. The fourth-order valence-corrected chi connectivity index (χ4v) is 4.04. The van der Waals surface area contributed by atoms with Crippen molar-refractivity contribution in [3.8, 4) is 6.07 Å². The first-order valence-electron chi connectivity index (χ1n) is 10.3. The number of nitriles is 1. The quantitative estimate of drug-likeness (QED) is 0.487. The summed E-state index contributed by atoms with van der Waals surface area (Å²) in [5.41, 5.74) is -0.132. The molecule has 3 rings (SSSR count). The van der Waals surface area contributed by atoms with Crippen molar-refractivity contribution in [3.05, 3.63) is 82.9 Å². The van der Waals surface area contributed by atoms with Crippen LogP contribution in [-0.4, -0.2) is 18.6 Å². The Balaban J connectivity index is 2.14. The van der Waals surface area contributed by atoms with Crippen molar-refractivity contribution >= 4 is 28.3 Å². The molecule has 1 N–H and O–H groups in total. The zero-order valence-corrected chi connectivity index (χ0v) is 19.0. The molecule has 0 bridgehead atoms. The lowest BCUT2D eigenvalue weighted by Gasteiger charge is -2.36. The minimum Gasteiger partial charge on any atom is -0.460 e. The maximum Gasteiger partial charge on any atom is 0.307 e. The molecule has 0 fully saturated rings. The molecule has 31 heavy (non-hydrogen) atoms. The molecule has 0 heterocycles. The average Bonchev–Trinajstić information content (AvgIpc) is 2.73. The number of fused-ring (bicyclic) bond motifs is 1. The Hall–Kier alpha value is -2.87. The summed E-state index contributed by atoms with van der Waals surface area (Å²) in [5, 5.41) is 16.4. The maximum absolute atomic E-state index is 12.8. The summed E-state index contributed by atoms with van der Waals surface area (Å²) in [7, 11) is 1.75. The van der Waals surface area contributed by atoms with Crippen LogP contribution < -0.4 is 5.32 Å². The summed E-state index contributed by atoms with van der Waals surface area (Å²) in [6.45, 7) is 5.50. The normalized spacial score (nSPS) is 14.5. The van der Waals surface area contributed by atoms with Crippen LogP contribution in [0.2, 0.25) is 5.02 Å². The highest BCUT2D eigenvalue weighted by atomic mass is 35.5. The number of ether oxygens (including phenoxy) is 1. The van der Waals surface area contributed by atoms with Gasteiger partial charge in [0.25, 0.3) is 0 Å². The number of benzene rings is 3. The molecule has 0 unspecified atom stereocenters. The Kier molecular flexibility index (Phi) is 6.69. The minimum atomic E-state index is -1.14. The summed E-state index contributed by atoms with van der Waals surface area (Å²) in [6, 6.07) is 23.7. The van der Waals surface area contributed by atoms with E-state index in [-0.39, 0.29) is 12.4 Å². The highest BCUT2D eigenvalue weighted by Gasteiger charge is 2.42. The Morgan fingerprint density at radius 2 is 1.71 bits per heavy atom. The Morgan fingerprint density at radius 3 is 2.29 bits per heavy atom. The summed E-state index contributed by atoms with van der Waals surface area (Å²) in [4.78, 5) is 12.8. The molecule has 4 nitrogen and oxygen atoms in total. The molecular formula is C26H27ClN2O2. The van der Waals surface area contributed by atoms with Gasteiger partial charge in [0, 0.05) is 10.9 Å². The van der Waals surface area contributed by atoms with Crippen LogP contribution >= 0.6 is 11.6 Å². The molecule has 160 valence electrons. The van der Waals surface area contributed by atoms with E-state index in [1.165, 1.54) is 0 Å². The summed E-state index contributed by atoms with van der Waals surface area (Å²) in [5.74, 6) is -0.848. The van der Waals surface area contributed by atoms with Crippen molar-refractivity contribution in [3.63, 3.8) is 0 Å². The van der Waals surface area contributed by atoms with Gasteiger partial charge < -0.3 is 4.74 Å². The van der Waals surface area contributed by atoms with E-state index in [4.69, 9.17) is 16.3 Å². The number of hydrogen-bond acceptors (Lipinski definition) is 4. The van der Waals surface area contributed by atoms with E-state index >= 15 is 0 Å². The molecule has 0 aliphatic rings. The monoisotopic (exact) mass is 434 g/mol. The lowest BCUT2D eigenvalue weighted by molar-refractivity contribution is -0.155. The SMILES string of the molecule is CN[C@](C#N)(c1ccc2ccccc2c1)[C@@H](CC(=O)OC(C)(C)C)c1ccc(Cl)cc1. The average molecular weight is 435 g/mol. The van der Waals surface area contributed by atoms with Gasteiger partial charge in [-0.25, -0.2) is 0 Å². The van der Waals surface area contributed by atoms with Crippen LogP contribution in [0.15, 0.2) is 66.7 Å². The summed E-state index contributed by atoms with van der Waals surface area (Å²) < 4.78 is 5.60. The second-order valence-electron chi connectivity index (χ2n) is 8.63. The molecule has 0 spiro atoms. The molecule has 0 aliphatic heterocycles. The van der Waals surface area contributed by atoms with Gasteiger partial charge >= 0.3 is 5.97 Å². The van der Waals surface area contributed by atoms with Crippen molar-refractivity contribution in [1.29, 1.82) is 5.26 Å². The van der Waals surface area contributed by atoms with Crippen molar-refractivity contribution in [2.24, 2.45) is 0 Å². The summed E-state index contributed by atoms with van der Waals surface area (Å²) >= 11 is 6.10. The summed E-state index contributed by atoms with van der Waals surface area (Å²) in [6.07, 6.45) is 0.0418. The van der Waals surface area contributed by atoms with Crippen molar-refractivity contribution < 1.29 is 9.53 Å². The van der Waals surface area contributed by atoms with Gasteiger partial charge in [-0.2, -0.15) is 5.26 Å². The minimum absolute atomic E-state index is 0.0418.